The quantitative estimate of drug-likeness (QED) is 0.0622. The van der Waals surface area contributed by atoms with Crippen molar-refractivity contribution in [2.45, 2.75) is 81.8 Å². The number of pyridine rings is 3. The van der Waals surface area contributed by atoms with E-state index in [1.807, 2.05) is 19.9 Å². The monoisotopic (exact) mass is 973 g/mol. The Hall–Kier alpha value is -1.85. The van der Waals surface area contributed by atoms with E-state index in [1.54, 1.807) is 30.5 Å². The summed E-state index contributed by atoms with van der Waals surface area (Å²) in [6, 6.07) is 9.95. The molecular weight excluding hydrogens is 916 g/mol. The van der Waals surface area contributed by atoms with Crippen LogP contribution < -0.4 is 33.1 Å². The summed E-state index contributed by atoms with van der Waals surface area (Å²) in [5.41, 5.74) is 1.76. The highest BCUT2D eigenvalue weighted by Gasteiger charge is 2.56. The van der Waals surface area contributed by atoms with Gasteiger partial charge >= 0.3 is 0 Å². The highest BCUT2D eigenvalue weighted by atomic mass is 31.2. The minimum atomic E-state index is -5.47. The van der Waals surface area contributed by atoms with Crippen LogP contribution in [0.4, 0.5) is 0 Å². The molecular formula is C32H57N3O19P6. The fourth-order valence-electron chi connectivity index (χ4n) is 4.90. The molecule has 0 aromatic carbocycles. The second-order valence-corrected chi connectivity index (χ2v) is 27.6. The Bertz CT molecular complexity index is 1990. The van der Waals surface area contributed by atoms with Crippen LogP contribution >= 0.6 is 44.9 Å². The maximum absolute atomic E-state index is 11.7. The van der Waals surface area contributed by atoms with Gasteiger partial charge in [-0.15, -0.1) is 0 Å². The summed E-state index contributed by atoms with van der Waals surface area (Å²) in [5.74, 6) is 0.354. The van der Waals surface area contributed by atoms with Gasteiger partial charge < -0.3 is 77.8 Å². The molecule has 0 aliphatic carbocycles. The van der Waals surface area contributed by atoms with Crippen molar-refractivity contribution in [1.29, 1.82) is 0 Å². The molecule has 0 bridgehead atoms. The van der Waals surface area contributed by atoms with E-state index in [0.717, 1.165) is 35.0 Å². The molecule has 0 saturated heterocycles. The minimum Gasteiger partial charge on any atom is -0.776 e. The minimum absolute atomic E-state index is 0. The molecule has 0 aliphatic heterocycles. The number of nitrogens with zero attached hydrogens (tertiary/aromatic N) is 3. The summed E-state index contributed by atoms with van der Waals surface area (Å²) >= 11 is 0. The van der Waals surface area contributed by atoms with Crippen molar-refractivity contribution in [3.63, 3.8) is 0 Å². The zero-order chi connectivity index (χ0) is 46.1. The summed E-state index contributed by atoms with van der Waals surface area (Å²) in [5, 5.41) is 20.5. The SMILES string of the molecule is C.CCCCc1ccc[n+](CC(O)(P(C)(=O)O)P(=O)([O-])O)c1.CCc1ccc[n+](CC(O)(P(C)(=O)O)P(=O)([O-])O)c1.COc1ccc[n+](CC(O)(P(C)(=O)O)P(=O)([O-])O)c1. The molecule has 0 aliphatic rings. The van der Waals surface area contributed by atoms with E-state index < -0.39 is 79.8 Å². The third kappa shape index (κ3) is 15.4. The first-order valence-corrected chi connectivity index (χ1v) is 28.3. The zero-order valence-electron chi connectivity index (χ0n) is 33.0. The van der Waals surface area contributed by atoms with Gasteiger partial charge in [0.2, 0.25) is 28.3 Å². The Balaban J connectivity index is 0.000000865. The Morgan fingerprint density at radius 3 is 1.20 bits per heavy atom. The van der Waals surface area contributed by atoms with E-state index in [0.29, 0.717) is 32.2 Å². The molecule has 3 rings (SSSR count). The standard InChI is InChI=1S/C12H21NO6P2.C10H17NO6P2.C9H15NO7P2.CH4/c1-3-4-6-11-7-5-8-13(9-11)10-12(14,20(2,15)16)21(17,18)19;1-3-9-5-4-6-11(7-9)8-10(12,18(2,13)14)19(15,16)17;1-17-8-4-3-5-10(6-8)7-9(11,18(2,12)13)19(14,15)16;/h5,7-9,14H,3-4,6,10H2,1-2H3,(H2-,15,16,17,18,19);4-7,12H,3,8H2,1-2H3,(H2-,13,14,15,16,17);3-6,11H,7H2,1-2H3,(H2-,12,13,14,15,16);1H4. The van der Waals surface area contributed by atoms with Crippen LogP contribution in [0, 0.1) is 0 Å². The van der Waals surface area contributed by atoms with Gasteiger partial charge in [0.25, 0.3) is 15.2 Å². The van der Waals surface area contributed by atoms with Crippen molar-refractivity contribution in [3.8, 4) is 5.75 Å². The first kappa shape index (κ1) is 58.1. The number of ether oxygens (including phenoxy) is 1. The second-order valence-electron chi connectivity index (χ2n) is 13.7. The first-order valence-electron chi connectivity index (χ1n) is 17.2. The van der Waals surface area contributed by atoms with Crippen molar-refractivity contribution in [1.82, 2.24) is 0 Å². The molecule has 9 unspecified atom stereocenters. The average molecular weight is 974 g/mol. The smallest absolute Gasteiger partial charge is 0.263 e. The van der Waals surface area contributed by atoms with Crippen LogP contribution in [-0.4, -0.2) is 87.0 Å². The highest BCUT2D eigenvalue weighted by molar-refractivity contribution is 7.75. The number of methoxy groups -OCH3 is 1. The van der Waals surface area contributed by atoms with Crippen molar-refractivity contribution in [3.05, 3.63) is 84.7 Å². The summed E-state index contributed by atoms with van der Waals surface area (Å²) < 4.78 is 77.3. The van der Waals surface area contributed by atoms with E-state index >= 15 is 0 Å². The van der Waals surface area contributed by atoms with Gasteiger partial charge in [0.15, 0.2) is 79.2 Å². The Kier molecular flexibility index (Phi) is 21.5. The first-order chi connectivity index (χ1) is 26.5. The second kappa shape index (κ2) is 22.2. The fraction of sp³-hybridized carbons (Fsp3) is 0.531. The van der Waals surface area contributed by atoms with Gasteiger partial charge in [0, 0.05) is 49.3 Å². The van der Waals surface area contributed by atoms with Gasteiger partial charge in [-0.25, -0.2) is 9.13 Å². The van der Waals surface area contributed by atoms with Crippen LogP contribution in [0.5, 0.6) is 5.75 Å². The number of aliphatic hydroxyl groups is 3. The lowest BCUT2D eigenvalue weighted by molar-refractivity contribution is -0.704. The number of aromatic nitrogens is 3. The number of unbranched alkanes of at least 4 members (excludes halogenated alkanes) is 1. The molecule has 3 aromatic rings. The number of aryl methyl sites for hydroxylation is 2. The molecule has 9 N–H and O–H groups in total. The zero-order valence-corrected chi connectivity index (χ0v) is 38.4. The molecule has 0 fully saturated rings. The third-order valence-corrected chi connectivity index (χ3v) is 21.8. The topological polar surface area (TPSA) is 375 Å². The predicted octanol–water partition coefficient (Wildman–Crippen LogP) is -0.252. The molecule has 0 amide bonds. The van der Waals surface area contributed by atoms with Gasteiger partial charge in [0.05, 0.1) is 7.11 Å². The van der Waals surface area contributed by atoms with Gasteiger partial charge in [-0.2, -0.15) is 4.57 Å². The maximum Gasteiger partial charge on any atom is 0.263 e. The van der Waals surface area contributed by atoms with Crippen molar-refractivity contribution in [2.24, 2.45) is 0 Å². The van der Waals surface area contributed by atoms with Crippen LogP contribution in [0.3, 0.4) is 0 Å². The Morgan fingerprint density at radius 2 is 0.900 bits per heavy atom. The lowest BCUT2D eigenvalue weighted by Gasteiger charge is -2.35. The van der Waals surface area contributed by atoms with Gasteiger partial charge in [0.1, 0.15) is 0 Å². The van der Waals surface area contributed by atoms with Gasteiger partial charge in [-0.05, 0) is 37.5 Å². The lowest BCUT2D eigenvalue weighted by atomic mass is 10.1. The summed E-state index contributed by atoms with van der Waals surface area (Å²) in [7, 11) is -28.5. The summed E-state index contributed by atoms with van der Waals surface area (Å²) in [4.78, 5) is 89.4. The van der Waals surface area contributed by atoms with Crippen LogP contribution in [0.15, 0.2) is 73.6 Å². The molecule has 0 saturated carbocycles. The van der Waals surface area contributed by atoms with E-state index in [-0.39, 0.29) is 7.43 Å². The van der Waals surface area contributed by atoms with Gasteiger partial charge in [-0.3, -0.25) is 13.7 Å². The molecule has 0 spiro atoms. The molecule has 3 aromatic heterocycles. The van der Waals surface area contributed by atoms with Crippen molar-refractivity contribution >= 4 is 44.9 Å². The van der Waals surface area contributed by atoms with Crippen LogP contribution in [0.25, 0.3) is 0 Å². The summed E-state index contributed by atoms with van der Waals surface area (Å²) in [6.45, 7) is 3.74. The Morgan fingerprint density at radius 1 is 0.583 bits per heavy atom. The number of hydrogen-bond acceptors (Lipinski definition) is 13. The molecule has 344 valence electrons. The van der Waals surface area contributed by atoms with E-state index in [1.165, 1.54) is 53.3 Å². The van der Waals surface area contributed by atoms with E-state index in [9.17, 15) is 72.1 Å². The molecule has 3 heterocycles. The molecule has 60 heavy (non-hydrogen) atoms. The highest BCUT2D eigenvalue weighted by Crippen LogP contribution is 2.67. The lowest BCUT2D eigenvalue weighted by Crippen LogP contribution is -2.49. The number of rotatable bonds is 17. The predicted molar refractivity (Wildman–Crippen MR) is 213 cm³/mol. The van der Waals surface area contributed by atoms with Crippen LogP contribution in [-0.2, 0) is 59.9 Å². The van der Waals surface area contributed by atoms with Crippen LogP contribution in [0.1, 0.15) is 45.2 Å². The normalized spacial score (nSPS) is 20.4. The Labute approximate surface area is 348 Å². The van der Waals surface area contributed by atoms with Crippen LogP contribution in [0.2, 0.25) is 0 Å². The average Bonchev–Trinajstić information content (AvgIpc) is 3.08. The molecule has 0 radical (unpaired) electrons. The molecule has 9 atom stereocenters. The third-order valence-electron chi connectivity index (χ3n) is 8.67. The maximum atomic E-state index is 11.7. The van der Waals surface area contributed by atoms with Crippen molar-refractivity contribution in [2.75, 3.05) is 27.1 Å². The largest absolute Gasteiger partial charge is 0.776 e. The van der Waals surface area contributed by atoms with Crippen molar-refractivity contribution < 1.29 is 105 Å². The summed E-state index contributed by atoms with van der Waals surface area (Å²) in [6.07, 6.45) is 12.1. The van der Waals surface area contributed by atoms with E-state index in [2.05, 4.69) is 0 Å². The molecule has 22 nitrogen and oxygen atoms in total. The van der Waals surface area contributed by atoms with E-state index in [4.69, 9.17) is 19.4 Å². The molecule has 28 heteroatoms. The van der Waals surface area contributed by atoms with Gasteiger partial charge in [-0.1, -0.05) is 27.7 Å². The fourth-order valence-corrected chi connectivity index (χ4v) is 12.8. The number of hydrogen-bond donors (Lipinski definition) is 9.